The second-order valence-electron chi connectivity index (χ2n) is 5.52. The fourth-order valence-corrected chi connectivity index (χ4v) is 3.47. The third-order valence-corrected chi connectivity index (χ3v) is 4.68. The first-order chi connectivity index (χ1) is 8.64. The minimum absolute atomic E-state index is 0.190. The van der Waals surface area contributed by atoms with Gasteiger partial charge in [0, 0.05) is 12.0 Å². The number of rotatable bonds is 3. The van der Waals surface area contributed by atoms with Crippen LogP contribution in [-0.4, -0.2) is 36.5 Å². The molecule has 18 heavy (non-hydrogen) atoms. The van der Waals surface area contributed by atoms with Crippen LogP contribution in [0, 0.1) is 5.41 Å². The Labute approximate surface area is 109 Å². The van der Waals surface area contributed by atoms with Crippen molar-refractivity contribution in [2.75, 3.05) is 13.7 Å². The highest BCUT2D eigenvalue weighted by molar-refractivity contribution is 5.88. The fourth-order valence-electron chi connectivity index (χ4n) is 3.47. The predicted molar refractivity (Wildman–Crippen MR) is 67.9 cm³/mol. The van der Waals surface area contributed by atoms with Gasteiger partial charge in [-0.1, -0.05) is 19.8 Å². The lowest BCUT2D eigenvalue weighted by Crippen LogP contribution is -2.47. The van der Waals surface area contributed by atoms with Gasteiger partial charge >= 0.3 is 5.97 Å². The molecule has 1 heterocycles. The molecule has 0 bridgehead atoms. The Balaban J connectivity index is 2.14. The van der Waals surface area contributed by atoms with E-state index in [9.17, 15) is 9.59 Å². The van der Waals surface area contributed by atoms with Gasteiger partial charge in [-0.25, -0.2) is 4.79 Å². The van der Waals surface area contributed by atoms with E-state index in [0.29, 0.717) is 6.54 Å². The van der Waals surface area contributed by atoms with Crippen LogP contribution in [0.2, 0.25) is 0 Å². The normalized spacial score (nSPS) is 26.3. The van der Waals surface area contributed by atoms with Gasteiger partial charge in [-0.2, -0.15) is 0 Å². The van der Waals surface area contributed by atoms with Crippen molar-refractivity contribution in [2.45, 2.75) is 57.9 Å². The van der Waals surface area contributed by atoms with Gasteiger partial charge in [0.15, 0.2) is 0 Å². The molecule has 4 heteroatoms. The van der Waals surface area contributed by atoms with Crippen molar-refractivity contribution in [1.82, 2.24) is 4.90 Å². The number of methoxy groups -OCH3 is 1. The molecule has 1 aliphatic carbocycles. The van der Waals surface area contributed by atoms with Crippen LogP contribution in [-0.2, 0) is 14.3 Å². The number of hydrogen-bond donors (Lipinski definition) is 0. The summed E-state index contributed by atoms with van der Waals surface area (Å²) in [5.74, 6) is -0.0690. The number of esters is 1. The summed E-state index contributed by atoms with van der Waals surface area (Å²) >= 11 is 0. The van der Waals surface area contributed by atoms with Gasteiger partial charge < -0.3 is 9.64 Å². The van der Waals surface area contributed by atoms with Crippen molar-refractivity contribution in [3.8, 4) is 0 Å². The Hall–Kier alpha value is -1.06. The third-order valence-electron chi connectivity index (χ3n) is 4.68. The molecule has 0 radical (unpaired) electrons. The lowest BCUT2D eigenvalue weighted by Gasteiger charge is -2.33. The molecular formula is C14H23NO3. The summed E-state index contributed by atoms with van der Waals surface area (Å²) in [6, 6.07) is -0.341. The molecule has 102 valence electrons. The summed E-state index contributed by atoms with van der Waals surface area (Å²) in [7, 11) is 1.40. The van der Waals surface area contributed by atoms with Crippen molar-refractivity contribution >= 4 is 11.9 Å². The zero-order valence-corrected chi connectivity index (χ0v) is 11.4. The van der Waals surface area contributed by atoms with E-state index in [2.05, 4.69) is 6.92 Å². The molecule has 1 saturated heterocycles. The van der Waals surface area contributed by atoms with Crippen LogP contribution in [0.15, 0.2) is 0 Å². The summed E-state index contributed by atoms with van der Waals surface area (Å²) in [6.07, 6.45) is 6.77. The molecule has 2 aliphatic rings. The lowest BCUT2D eigenvalue weighted by atomic mass is 9.81. The summed E-state index contributed by atoms with van der Waals surface area (Å²) < 4.78 is 4.81. The second kappa shape index (κ2) is 5.29. The number of nitrogens with zero attached hydrogens (tertiary/aromatic N) is 1. The van der Waals surface area contributed by atoms with E-state index in [0.717, 1.165) is 44.9 Å². The van der Waals surface area contributed by atoms with Crippen molar-refractivity contribution < 1.29 is 14.3 Å². The molecule has 0 aromatic rings. The molecule has 2 rings (SSSR count). The van der Waals surface area contributed by atoms with E-state index in [1.165, 1.54) is 7.11 Å². The molecule has 1 aliphatic heterocycles. The molecule has 2 fully saturated rings. The molecule has 0 N–H and O–H groups in total. The van der Waals surface area contributed by atoms with Gasteiger partial charge in [0.1, 0.15) is 6.04 Å². The Kier molecular flexibility index (Phi) is 3.93. The van der Waals surface area contributed by atoms with Crippen molar-refractivity contribution in [3.05, 3.63) is 0 Å². The van der Waals surface area contributed by atoms with E-state index in [1.807, 2.05) is 0 Å². The van der Waals surface area contributed by atoms with Crippen LogP contribution >= 0.6 is 0 Å². The third kappa shape index (κ3) is 2.13. The van der Waals surface area contributed by atoms with Crippen LogP contribution in [0.1, 0.15) is 51.9 Å². The van der Waals surface area contributed by atoms with Crippen molar-refractivity contribution in [2.24, 2.45) is 5.41 Å². The minimum Gasteiger partial charge on any atom is -0.467 e. The Morgan fingerprint density at radius 1 is 1.28 bits per heavy atom. The first-order valence-corrected chi connectivity index (χ1v) is 7.03. The lowest BCUT2D eigenvalue weighted by molar-refractivity contribution is -0.155. The summed E-state index contributed by atoms with van der Waals surface area (Å²) in [4.78, 5) is 26.2. The van der Waals surface area contributed by atoms with Crippen molar-refractivity contribution in [3.63, 3.8) is 0 Å². The van der Waals surface area contributed by atoms with E-state index >= 15 is 0 Å². The first-order valence-electron chi connectivity index (χ1n) is 7.03. The number of ether oxygens (including phenoxy) is 1. The maximum atomic E-state index is 12.7. The van der Waals surface area contributed by atoms with Crippen LogP contribution in [0.25, 0.3) is 0 Å². The molecule has 0 spiro atoms. The Bertz CT molecular complexity index is 334. The smallest absolute Gasteiger partial charge is 0.328 e. The van der Waals surface area contributed by atoms with E-state index in [-0.39, 0.29) is 23.3 Å². The fraction of sp³-hybridized carbons (Fsp3) is 0.857. The quantitative estimate of drug-likeness (QED) is 0.724. The molecular weight excluding hydrogens is 230 g/mol. The zero-order valence-electron chi connectivity index (χ0n) is 11.4. The molecule has 1 amide bonds. The Morgan fingerprint density at radius 3 is 2.50 bits per heavy atom. The van der Waals surface area contributed by atoms with Gasteiger partial charge in [-0.05, 0) is 32.1 Å². The van der Waals surface area contributed by atoms with Gasteiger partial charge in [-0.15, -0.1) is 0 Å². The number of carbonyl (C=O) groups excluding carboxylic acids is 2. The predicted octanol–water partition coefficient (Wildman–Crippen LogP) is 2.12. The first kappa shape index (κ1) is 13.4. The molecule has 1 unspecified atom stereocenters. The standard InChI is InChI=1S/C14H23NO3/c1-3-14(8-4-5-9-14)13(17)15-10-6-7-11(15)12(16)18-2/h11H,3-10H2,1-2H3. The van der Waals surface area contributed by atoms with Gasteiger partial charge in [0.25, 0.3) is 0 Å². The van der Waals surface area contributed by atoms with Crippen LogP contribution in [0.4, 0.5) is 0 Å². The summed E-state index contributed by atoms with van der Waals surface area (Å²) in [5, 5.41) is 0. The highest BCUT2D eigenvalue weighted by atomic mass is 16.5. The topological polar surface area (TPSA) is 46.6 Å². The van der Waals surface area contributed by atoms with E-state index in [4.69, 9.17) is 4.74 Å². The molecule has 1 atom stereocenters. The number of likely N-dealkylation sites (tertiary alicyclic amines) is 1. The van der Waals surface area contributed by atoms with Crippen LogP contribution in [0.5, 0.6) is 0 Å². The molecule has 0 aromatic heterocycles. The zero-order chi connectivity index (χ0) is 13.2. The van der Waals surface area contributed by atoms with Gasteiger partial charge in [0.05, 0.1) is 7.11 Å². The average molecular weight is 253 g/mol. The van der Waals surface area contributed by atoms with E-state index < -0.39 is 0 Å². The largest absolute Gasteiger partial charge is 0.467 e. The molecule has 1 saturated carbocycles. The Morgan fingerprint density at radius 2 is 1.94 bits per heavy atom. The van der Waals surface area contributed by atoms with Crippen molar-refractivity contribution in [1.29, 1.82) is 0 Å². The van der Waals surface area contributed by atoms with Crippen LogP contribution < -0.4 is 0 Å². The summed E-state index contributed by atoms with van der Waals surface area (Å²) in [6.45, 7) is 2.80. The second-order valence-corrected chi connectivity index (χ2v) is 5.52. The van der Waals surface area contributed by atoms with E-state index in [1.54, 1.807) is 4.90 Å². The maximum absolute atomic E-state index is 12.7. The average Bonchev–Trinajstić information content (AvgIpc) is 3.06. The number of amides is 1. The van der Waals surface area contributed by atoms with Gasteiger partial charge in [0.2, 0.25) is 5.91 Å². The highest BCUT2D eigenvalue weighted by Crippen LogP contribution is 2.43. The monoisotopic (exact) mass is 253 g/mol. The highest BCUT2D eigenvalue weighted by Gasteiger charge is 2.46. The SMILES string of the molecule is CCC1(C(=O)N2CCCC2C(=O)OC)CCCC1. The molecule has 4 nitrogen and oxygen atoms in total. The molecule has 0 aromatic carbocycles. The minimum atomic E-state index is -0.341. The van der Waals surface area contributed by atoms with Crippen LogP contribution in [0.3, 0.4) is 0 Å². The maximum Gasteiger partial charge on any atom is 0.328 e. The number of hydrogen-bond acceptors (Lipinski definition) is 3. The summed E-state index contributed by atoms with van der Waals surface area (Å²) in [5.41, 5.74) is -0.198. The van der Waals surface area contributed by atoms with Gasteiger partial charge in [-0.3, -0.25) is 4.79 Å². The number of carbonyl (C=O) groups is 2.